The van der Waals surface area contributed by atoms with Crippen LogP contribution in [0.2, 0.25) is 0 Å². The number of carboxylic acids is 2. The standard InChI is InChI=1S/C6H8N2.C4H4N2O3.2C2H4O2.Ca/c7-5-1-2-6(8)4-3-5;7-2-1-3(8)6-4(9)5-2;2*1-2(3)4;/h1-4H,7-8H2;1H2,(H2,5,6,7,8,9);2*1H3,(H,3,4);/q;;;;+2/p-2. The molecule has 1 fully saturated rings. The Bertz CT molecular complexity index is 534. The second-order valence-electron chi connectivity index (χ2n) is 4.25. The number of barbiturate groups is 1. The Labute approximate surface area is 179 Å². The molecule has 0 radical (unpaired) electrons. The smallest absolute Gasteiger partial charge is 0.550 e. The molecule has 0 spiro atoms. The Hall–Kier alpha value is -2.37. The van der Waals surface area contributed by atoms with Gasteiger partial charge in [0.15, 0.2) is 0 Å². The van der Waals surface area contributed by atoms with E-state index in [1.165, 1.54) is 0 Å². The molecule has 1 aliphatic rings. The number of imide groups is 2. The Kier molecular flexibility index (Phi) is 17.6. The number of carbonyl (C=O) groups excluding carboxylic acids is 5. The maximum Gasteiger partial charge on any atom is 2.00 e. The number of hydrogen-bond donors (Lipinski definition) is 4. The second-order valence-corrected chi connectivity index (χ2v) is 4.25. The van der Waals surface area contributed by atoms with Crippen molar-refractivity contribution in [2.24, 2.45) is 0 Å². The molecule has 0 aliphatic carbocycles. The van der Waals surface area contributed by atoms with E-state index in [1.807, 2.05) is 10.6 Å². The quantitative estimate of drug-likeness (QED) is 0.197. The summed E-state index contributed by atoms with van der Waals surface area (Å²) in [5, 5.41) is 21.6. The first kappa shape index (κ1) is 28.4. The third-order valence-electron chi connectivity index (χ3n) is 1.76. The van der Waals surface area contributed by atoms with Gasteiger partial charge in [0.25, 0.3) is 0 Å². The van der Waals surface area contributed by atoms with Gasteiger partial charge in [-0.25, -0.2) is 4.79 Å². The normalized spacial score (nSPS) is 11.2. The van der Waals surface area contributed by atoms with Crippen LogP contribution in [0.3, 0.4) is 0 Å². The molecule has 1 aromatic rings. The molecule has 1 saturated heterocycles. The van der Waals surface area contributed by atoms with Crippen molar-refractivity contribution in [1.29, 1.82) is 0 Å². The van der Waals surface area contributed by atoms with Crippen molar-refractivity contribution in [2.45, 2.75) is 20.3 Å². The molecule has 0 saturated carbocycles. The number of nitrogens with two attached hydrogens (primary N) is 2. The fraction of sp³-hybridized carbons (Fsp3) is 0.214. The van der Waals surface area contributed by atoms with Crippen molar-refractivity contribution in [3.8, 4) is 0 Å². The zero-order valence-electron chi connectivity index (χ0n) is 14.2. The Balaban J connectivity index is -0.000000287. The monoisotopic (exact) mass is 394 g/mol. The number of urea groups is 1. The van der Waals surface area contributed by atoms with E-state index in [-0.39, 0.29) is 44.2 Å². The Morgan fingerprint density at radius 3 is 1.27 bits per heavy atom. The zero-order chi connectivity index (χ0) is 20.0. The van der Waals surface area contributed by atoms with Crippen LogP contribution in [0.5, 0.6) is 0 Å². The molecule has 1 heterocycles. The topological polar surface area (TPSA) is 208 Å². The maximum absolute atomic E-state index is 10.3. The van der Waals surface area contributed by atoms with E-state index >= 15 is 0 Å². The molecule has 0 bridgehead atoms. The first-order chi connectivity index (χ1) is 11.4. The van der Waals surface area contributed by atoms with Gasteiger partial charge in [-0.3, -0.25) is 20.2 Å². The third-order valence-corrected chi connectivity index (χ3v) is 1.76. The van der Waals surface area contributed by atoms with Crippen molar-refractivity contribution in [1.82, 2.24) is 10.6 Å². The molecule has 1 aromatic carbocycles. The fourth-order valence-electron chi connectivity index (χ4n) is 1.01. The van der Waals surface area contributed by atoms with Gasteiger partial charge in [-0.1, -0.05) is 0 Å². The SMILES string of the molecule is CC(=O)[O-].CC(=O)[O-].Nc1ccc(N)cc1.O=C1CC(=O)NC(=O)N1.[Ca+2]. The predicted octanol–water partition coefficient (Wildman–Crippen LogP) is -3.27. The third kappa shape index (κ3) is 23.9. The minimum absolute atomic E-state index is 0. The van der Waals surface area contributed by atoms with Gasteiger partial charge in [0.1, 0.15) is 6.42 Å². The molecule has 138 valence electrons. The number of aliphatic carboxylic acids is 2. The van der Waals surface area contributed by atoms with Crippen LogP contribution < -0.4 is 32.3 Å². The predicted molar refractivity (Wildman–Crippen MR) is 88.7 cm³/mol. The summed E-state index contributed by atoms with van der Waals surface area (Å²) in [6.07, 6.45) is -0.258. The molecular weight excluding hydrogens is 376 g/mol. The van der Waals surface area contributed by atoms with Gasteiger partial charge >= 0.3 is 43.8 Å². The minimum Gasteiger partial charge on any atom is -0.550 e. The van der Waals surface area contributed by atoms with Crippen LogP contribution in [0.15, 0.2) is 24.3 Å². The number of hydrogen-bond acceptors (Lipinski definition) is 9. The zero-order valence-corrected chi connectivity index (χ0v) is 16.4. The number of carboxylic acid groups (broad SMARTS) is 2. The number of amides is 4. The number of rotatable bonds is 0. The van der Waals surface area contributed by atoms with Crippen LogP contribution in [0.1, 0.15) is 20.3 Å². The average molecular weight is 394 g/mol. The fourth-order valence-corrected chi connectivity index (χ4v) is 1.01. The number of nitrogens with one attached hydrogen (secondary N) is 2. The van der Waals surface area contributed by atoms with Crippen molar-refractivity contribution >= 4 is 78.9 Å². The summed E-state index contributed by atoms with van der Waals surface area (Å²) in [6.45, 7) is 1.94. The average Bonchev–Trinajstić information content (AvgIpc) is 2.40. The van der Waals surface area contributed by atoms with Crippen LogP contribution >= 0.6 is 0 Å². The maximum atomic E-state index is 10.3. The molecular formula is C14H18CaN4O7. The molecule has 1 aliphatic heterocycles. The number of benzene rings is 1. The van der Waals surface area contributed by atoms with Crippen molar-refractivity contribution in [2.75, 3.05) is 11.5 Å². The van der Waals surface area contributed by atoms with E-state index in [2.05, 4.69) is 0 Å². The van der Waals surface area contributed by atoms with Gasteiger partial charge < -0.3 is 31.3 Å². The molecule has 0 atom stereocenters. The molecule has 26 heavy (non-hydrogen) atoms. The molecule has 12 heteroatoms. The minimum atomic E-state index is -1.08. The van der Waals surface area contributed by atoms with E-state index < -0.39 is 29.8 Å². The largest absolute Gasteiger partial charge is 2.00 e. The summed E-state index contributed by atoms with van der Waals surface area (Å²) < 4.78 is 0. The van der Waals surface area contributed by atoms with Crippen molar-refractivity contribution in [3.63, 3.8) is 0 Å². The summed E-state index contributed by atoms with van der Waals surface area (Å²) in [5.41, 5.74) is 12.2. The van der Waals surface area contributed by atoms with Gasteiger partial charge in [-0.05, 0) is 38.1 Å². The first-order valence-corrected chi connectivity index (χ1v) is 6.53. The van der Waals surface area contributed by atoms with Crippen LogP contribution in [0.25, 0.3) is 0 Å². The molecule has 11 nitrogen and oxygen atoms in total. The van der Waals surface area contributed by atoms with Gasteiger partial charge in [-0.15, -0.1) is 0 Å². The first-order valence-electron chi connectivity index (χ1n) is 6.53. The Morgan fingerprint density at radius 2 is 1.08 bits per heavy atom. The van der Waals surface area contributed by atoms with E-state index in [0.29, 0.717) is 0 Å². The molecule has 6 N–H and O–H groups in total. The van der Waals surface area contributed by atoms with E-state index in [4.69, 9.17) is 31.3 Å². The number of anilines is 2. The van der Waals surface area contributed by atoms with Crippen LogP contribution in [-0.2, 0) is 19.2 Å². The summed E-state index contributed by atoms with van der Waals surface area (Å²) in [6, 6.07) is 6.35. The Morgan fingerprint density at radius 1 is 0.846 bits per heavy atom. The summed E-state index contributed by atoms with van der Waals surface area (Å²) in [4.78, 5) is 48.6. The summed E-state index contributed by atoms with van der Waals surface area (Å²) in [5.74, 6) is -3.27. The molecule has 2 rings (SSSR count). The van der Waals surface area contributed by atoms with Crippen LogP contribution in [0.4, 0.5) is 16.2 Å². The van der Waals surface area contributed by atoms with Gasteiger partial charge in [0.05, 0.1) is 0 Å². The molecule has 0 unspecified atom stereocenters. The summed E-state index contributed by atoms with van der Waals surface area (Å²) in [7, 11) is 0. The number of carbonyl (C=O) groups is 5. The van der Waals surface area contributed by atoms with E-state index in [1.54, 1.807) is 24.3 Å². The van der Waals surface area contributed by atoms with E-state index in [0.717, 1.165) is 25.2 Å². The number of nitrogen functional groups attached to an aromatic ring is 2. The molecule has 0 aromatic heterocycles. The van der Waals surface area contributed by atoms with Crippen molar-refractivity contribution in [3.05, 3.63) is 24.3 Å². The van der Waals surface area contributed by atoms with Gasteiger partial charge in [0.2, 0.25) is 11.8 Å². The van der Waals surface area contributed by atoms with Gasteiger partial charge in [0, 0.05) is 23.3 Å². The van der Waals surface area contributed by atoms with Gasteiger partial charge in [-0.2, -0.15) is 0 Å². The van der Waals surface area contributed by atoms with E-state index in [9.17, 15) is 14.4 Å². The van der Waals surface area contributed by atoms with Crippen LogP contribution in [-0.4, -0.2) is 67.5 Å². The second kappa shape index (κ2) is 16.1. The van der Waals surface area contributed by atoms with Crippen LogP contribution in [0, 0.1) is 0 Å². The van der Waals surface area contributed by atoms with Crippen molar-refractivity contribution < 1.29 is 34.2 Å². The molecule has 4 amide bonds. The summed E-state index contributed by atoms with van der Waals surface area (Å²) >= 11 is 0.